The molecule has 0 saturated carbocycles. The summed E-state index contributed by atoms with van der Waals surface area (Å²) in [4.78, 5) is 8.72. The van der Waals surface area contributed by atoms with Crippen LogP contribution in [0.5, 0.6) is 0 Å². The van der Waals surface area contributed by atoms with Gasteiger partial charge in [0.25, 0.3) is 0 Å². The van der Waals surface area contributed by atoms with E-state index in [0.717, 1.165) is 5.69 Å². The van der Waals surface area contributed by atoms with E-state index in [9.17, 15) is 4.39 Å². The Hall–Kier alpha value is -2.95. The zero-order chi connectivity index (χ0) is 16.9. The molecule has 0 radical (unpaired) electrons. The molecular formula is C19H19FN4. The molecule has 0 saturated heterocycles. The number of halogens is 1. The molecule has 4 nitrogen and oxygen atoms in total. The largest absolute Gasteiger partial charge is 0.366 e. The van der Waals surface area contributed by atoms with Crippen LogP contribution in [0.1, 0.15) is 16.8 Å². The lowest BCUT2D eigenvalue weighted by molar-refractivity contribution is 0.631. The third kappa shape index (κ3) is 4.07. The molecule has 5 heteroatoms. The summed E-state index contributed by atoms with van der Waals surface area (Å²) in [6.07, 6.45) is 0. The van der Waals surface area contributed by atoms with E-state index in [1.54, 1.807) is 18.2 Å². The molecule has 0 aliphatic heterocycles. The number of nitrogens with one attached hydrogen (secondary N) is 2. The van der Waals surface area contributed by atoms with Gasteiger partial charge >= 0.3 is 0 Å². The van der Waals surface area contributed by atoms with E-state index in [2.05, 4.69) is 45.7 Å². The Morgan fingerprint density at radius 2 is 1.79 bits per heavy atom. The number of para-hydroxylation sites is 1. The van der Waals surface area contributed by atoms with Gasteiger partial charge in [-0.25, -0.2) is 9.37 Å². The van der Waals surface area contributed by atoms with Crippen LogP contribution in [0.2, 0.25) is 0 Å². The van der Waals surface area contributed by atoms with Crippen LogP contribution in [0.4, 0.5) is 21.8 Å². The second-order valence-corrected chi connectivity index (χ2v) is 5.67. The van der Waals surface area contributed by atoms with Gasteiger partial charge in [-0.1, -0.05) is 42.0 Å². The first-order valence-electron chi connectivity index (χ1n) is 7.77. The van der Waals surface area contributed by atoms with Crippen LogP contribution in [-0.2, 0) is 6.54 Å². The number of nitrogens with zero attached hydrogens (tertiary/aromatic N) is 2. The topological polar surface area (TPSA) is 49.8 Å². The van der Waals surface area contributed by atoms with Gasteiger partial charge in [0.2, 0.25) is 5.95 Å². The highest BCUT2D eigenvalue weighted by Crippen LogP contribution is 2.19. The summed E-state index contributed by atoms with van der Waals surface area (Å²) in [5.74, 6) is 0.728. The summed E-state index contributed by atoms with van der Waals surface area (Å²) in [5.41, 5.74) is 3.55. The minimum absolute atomic E-state index is 0.336. The van der Waals surface area contributed by atoms with Gasteiger partial charge in [-0.15, -0.1) is 0 Å². The van der Waals surface area contributed by atoms with Crippen LogP contribution in [0.15, 0.2) is 54.6 Å². The van der Waals surface area contributed by atoms with Gasteiger partial charge in [0.15, 0.2) is 0 Å². The Bertz CT molecular complexity index is 848. The van der Waals surface area contributed by atoms with Crippen LogP contribution < -0.4 is 10.6 Å². The predicted octanol–water partition coefficient (Wildman–Crippen LogP) is 4.59. The molecule has 0 aliphatic carbocycles. The molecule has 0 fully saturated rings. The molecule has 122 valence electrons. The van der Waals surface area contributed by atoms with Gasteiger partial charge in [-0.05, 0) is 31.5 Å². The average molecular weight is 322 g/mol. The van der Waals surface area contributed by atoms with Crippen molar-refractivity contribution in [2.75, 3.05) is 10.6 Å². The lowest BCUT2D eigenvalue weighted by Gasteiger charge is -2.11. The monoisotopic (exact) mass is 322 g/mol. The summed E-state index contributed by atoms with van der Waals surface area (Å²) in [6, 6.07) is 16.6. The second-order valence-electron chi connectivity index (χ2n) is 5.67. The highest BCUT2D eigenvalue weighted by Gasteiger charge is 2.06. The van der Waals surface area contributed by atoms with Crippen molar-refractivity contribution in [2.45, 2.75) is 20.4 Å². The third-order valence-electron chi connectivity index (χ3n) is 3.53. The molecule has 2 aromatic carbocycles. The molecule has 3 aromatic rings. The summed E-state index contributed by atoms with van der Waals surface area (Å²) in [5, 5.41) is 6.21. The van der Waals surface area contributed by atoms with Gasteiger partial charge in [-0.3, -0.25) is 0 Å². The number of hydrogen-bond donors (Lipinski definition) is 2. The normalized spacial score (nSPS) is 10.5. The number of hydrogen-bond acceptors (Lipinski definition) is 4. The lowest BCUT2D eigenvalue weighted by atomic mass is 10.1. The molecule has 0 unspecified atom stereocenters. The molecule has 2 N–H and O–H groups in total. The van der Waals surface area contributed by atoms with Crippen LogP contribution >= 0.6 is 0 Å². The Kier molecular flexibility index (Phi) is 4.70. The highest BCUT2D eigenvalue weighted by molar-refractivity contribution is 5.55. The standard InChI is InChI=1S/C19H19FN4/c1-13-6-5-7-15(10-13)12-21-18-11-14(2)22-19(24-18)23-17-9-4-3-8-16(17)20/h3-11H,12H2,1-2H3,(H2,21,22,23,24). The lowest BCUT2D eigenvalue weighted by Crippen LogP contribution is -2.06. The van der Waals surface area contributed by atoms with Gasteiger partial charge in [0, 0.05) is 18.3 Å². The van der Waals surface area contributed by atoms with Gasteiger partial charge in [0.05, 0.1) is 5.69 Å². The Balaban J connectivity index is 1.75. The van der Waals surface area contributed by atoms with Crippen LogP contribution in [-0.4, -0.2) is 9.97 Å². The minimum atomic E-state index is -0.336. The summed E-state index contributed by atoms with van der Waals surface area (Å²) < 4.78 is 13.7. The molecule has 0 bridgehead atoms. The molecular weight excluding hydrogens is 303 g/mol. The van der Waals surface area contributed by atoms with E-state index in [-0.39, 0.29) is 5.82 Å². The molecule has 0 amide bonds. The predicted molar refractivity (Wildman–Crippen MR) is 95.0 cm³/mol. The van der Waals surface area contributed by atoms with E-state index < -0.39 is 0 Å². The van der Waals surface area contributed by atoms with Gasteiger partial charge in [-0.2, -0.15) is 4.98 Å². The molecule has 1 aromatic heterocycles. The first kappa shape index (κ1) is 15.9. The zero-order valence-corrected chi connectivity index (χ0v) is 13.7. The van der Waals surface area contributed by atoms with E-state index in [0.29, 0.717) is 24.0 Å². The summed E-state index contributed by atoms with van der Waals surface area (Å²) in [6.45, 7) is 4.61. The van der Waals surface area contributed by atoms with E-state index in [1.165, 1.54) is 17.2 Å². The first-order valence-corrected chi connectivity index (χ1v) is 7.77. The van der Waals surface area contributed by atoms with E-state index >= 15 is 0 Å². The molecule has 1 heterocycles. The van der Waals surface area contributed by atoms with Crippen molar-refractivity contribution < 1.29 is 4.39 Å². The highest BCUT2D eigenvalue weighted by atomic mass is 19.1. The fourth-order valence-corrected chi connectivity index (χ4v) is 2.41. The zero-order valence-electron chi connectivity index (χ0n) is 13.7. The Morgan fingerprint density at radius 3 is 2.58 bits per heavy atom. The van der Waals surface area contributed by atoms with E-state index in [4.69, 9.17) is 0 Å². The SMILES string of the molecule is Cc1cccc(CNc2cc(C)nc(Nc3ccccc3F)n2)c1. The second kappa shape index (κ2) is 7.08. The van der Waals surface area contributed by atoms with Crippen molar-refractivity contribution in [3.8, 4) is 0 Å². The average Bonchev–Trinajstić information content (AvgIpc) is 2.55. The smallest absolute Gasteiger partial charge is 0.229 e. The summed E-state index contributed by atoms with van der Waals surface area (Å²) in [7, 11) is 0. The fourth-order valence-electron chi connectivity index (χ4n) is 2.41. The number of benzene rings is 2. The van der Waals surface area contributed by atoms with Crippen molar-refractivity contribution in [2.24, 2.45) is 0 Å². The van der Waals surface area contributed by atoms with E-state index in [1.807, 2.05) is 19.1 Å². The summed E-state index contributed by atoms with van der Waals surface area (Å²) >= 11 is 0. The molecule has 0 aliphatic rings. The maximum atomic E-state index is 13.7. The molecule has 24 heavy (non-hydrogen) atoms. The van der Waals surface area contributed by atoms with Crippen molar-refractivity contribution in [1.29, 1.82) is 0 Å². The van der Waals surface area contributed by atoms with Crippen LogP contribution in [0, 0.1) is 19.7 Å². The first-order chi connectivity index (χ1) is 11.6. The van der Waals surface area contributed by atoms with Crippen molar-refractivity contribution in [3.63, 3.8) is 0 Å². The van der Waals surface area contributed by atoms with Crippen molar-refractivity contribution >= 4 is 17.5 Å². The molecule has 0 atom stereocenters. The Labute approximate surface area is 140 Å². The fraction of sp³-hybridized carbons (Fsp3) is 0.158. The number of aromatic nitrogens is 2. The van der Waals surface area contributed by atoms with Crippen molar-refractivity contribution in [3.05, 3.63) is 77.2 Å². The molecule has 3 rings (SSSR count). The number of rotatable bonds is 5. The van der Waals surface area contributed by atoms with Gasteiger partial charge < -0.3 is 10.6 Å². The van der Waals surface area contributed by atoms with Crippen LogP contribution in [0.25, 0.3) is 0 Å². The molecule has 0 spiro atoms. The number of aryl methyl sites for hydroxylation is 2. The van der Waals surface area contributed by atoms with Crippen molar-refractivity contribution in [1.82, 2.24) is 9.97 Å². The maximum absolute atomic E-state index is 13.7. The Morgan fingerprint density at radius 1 is 0.958 bits per heavy atom. The van der Waals surface area contributed by atoms with Gasteiger partial charge in [0.1, 0.15) is 11.6 Å². The quantitative estimate of drug-likeness (QED) is 0.721. The third-order valence-corrected chi connectivity index (χ3v) is 3.53. The number of anilines is 3. The maximum Gasteiger partial charge on any atom is 0.229 e. The minimum Gasteiger partial charge on any atom is -0.366 e. The van der Waals surface area contributed by atoms with Crippen LogP contribution in [0.3, 0.4) is 0 Å².